The maximum Gasteiger partial charge on any atom is 0.163 e. The second-order valence-corrected chi connectivity index (χ2v) is 5.35. The van der Waals surface area contributed by atoms with Crippen molar-refractivity contribution in [1.29, 1.82) is 5.26 Å². The summed E-state index contributed by atoms with van der Waals surface area (Å²) >= 11 is 0. The lowest BCUT2D eigenvalue weighted by atomic mass is 10.0. The van der Waals surface area contributed by atoms with Gasteiger partial charge in [0.15, 0.2) is 5.78 Å². The number of hydrogen-bond acceptors (Lipinski definition) is 4. The predicted octanol–water partition coefficient (Wildman–Crippen LogP) is 3.10. The molecule has 2 unspecified atom stereocenters. The Morgan fingerprint density at radius 3 is 2.55 bits per heavy atom. The van der Waals surface area contributed by atoms with Crippen LogP contribution < -0.4 is 4.74 Å². The van der Waals surface area contributed by atoms with Crippen LogP contribution in [0.25, 0.3) is 0 Å². The van der Waals surface area contributed by atoms with E-state index in [4.69, 9.17) is 14.7 Å². The number of ether oxygens (including phenoxy) is 2. The first-order valence-corrected chi connectivity index (χ1v) is 6.86. The van der Waals surface area contributed by atoms with E-state index in [0.29, 0.717) is 16.9 Å². The summed E-state index contributed by atoms with van der Waals surface area (Å²) in [4.78, 5) is 11.6. The van der Waals surface area contributed by atoms with Gasteiger partial charge in [0, 0.05) is 12.8 Å². The Morgan fingerprint density at radius 2 is 2.00 bits per heavy atom. The van der Waals surface area contributed by atoms with E-state index in [9.17, 15) is 4.79 Å². The van der Waals surface area contributed by atoms with E-state index < -0.39 is 0 Å². The zero-order valence-corrected chi connectivity index (χ0v) is 12.1. The predicted molar refractivity (Wildman–Crippen MR) is 74.8 cm³/mol. The van der Waals surface area contributed by atoms with Gasteiger partial charge in [-0.2, -0.15) is 5.26 Å². The Balaban J connectivity index is 2.23. The van der Waals surface area contributed by atoms with Crippen LogP contribution in [-0.2, 0) is 4.74 Å². The number of carbonyl (C=O) groups is 1. The summed E-state index contributed by atoms with van der Waals surface area (Å²) in [6.07, 6.45) is 1.88. The zero-order valence-electron chi connectivity index (χ0n) is 12.1. The van der Waals surface area contributed by atoms with E-state index in [0.717, 1.165) is 12.8 Å². The van der Waals surface area contributed by atoms with Crippen molar-refractivity contribution in [2.45, 2.75) is 51.9 Å². The number of carbonyl (C=O) groups excluding carboxylic acids is 1. The lowest BCUT2D eigenvalue weighted by Gasteiger charge is -2.32. The molecule has 4 nitrogen and oxygen atoms in total. The van der Waals surface area contributed by atoms with Gasteiger partial charge >= 0.3 is 0 Å². The maximum absolute atomic E-state index is 11.6. The first kappa shape index (κ1) is 14.5. The Morgan fingerprint density at radius 1 is 1.35 bits per heavy atom. The normalized spacial score (nSPS) is 25.8. The second-order valence-electron chi connectivity index (χ2n) is 5.35. The van der Waals surface area contributed by atoms with Crippen LogP contribution in [-0.4, -0.2) is 24.1 Å². The van der Waals surface area contributed by atoms with Gasteiger partial charge in [-0.05, 0) is 39.0 Å². The average Bonchev–Trinajstić information content (AvgIpc) is 2.37. The summed E-state index contributed by atoms with van der Waals surface area (Å²) in [6.45, 7) is 5.54. The van der Waals surface area contributed by atoms with Crippen LogP contribution in [0.4, 0.5) is 0 Å². The maximum atomic E-state index is 11.6. The van der Waals surface area contributed by atoms with E-state index in [1.54, 1.807) is 18.2 Å². The van der Waals surface area contributed by atoms with E-state index in [2.05, 4.69) is 6.07 Å². The highest BCUT2D eigenvalue weighted by molar-refractivity contribution is 5.97. The molecule has 1 aromatic rings. The smallest absolute Gasteiger partial charge is 0.163 e. The van der Waals surface area contributed by atoms with Crippen LogP contribution in [0.15, 0.2) is 18.2 Å². The summed E-state index contributed by atoms with van der Waals surface area (Å²) < 4.78 is 11.7. The number of ketones is 1. The third kappa shape index (κ3) is 3.37. The Hall–Kier alpha value is -1.86. The van der Waals surface area contributed by atoms with Gasteiger partial charge in [0.25, 0.3) is 0 Å². The molecule has 4 heteroatoms. The van der Waals surface area contributed by atoms with Gasteiger partial charge in [0.05, 0.1) is 29.4 Å². The molecule has 1 fully saturated rings. The Bertz CT molecular complexity index is 537. The molecule has 1 aromatic carbocycles. The fourth-order valence-corrected chi connectivity index (χ4v) is 2.60. The molecule has 2 rings (SSSR count). The van der Waals surface area contributed by atoms with Crippen LogP contribution in [0.1, 0.15) is 49.5 Å². The van der Waals surface area contributed by atoms with Gasteiger partial charge in [0.1, 0.15) is 11.9 Å². The number of hydrogen-bond donors (Lipinski definition) is 0. The molecule has 0 spiro atoms. The lowest BCUT2D eigenvalue weighted by Crippen LogP contribution is -2.36. The molecule has 1 aliphatic rings. The van der Waals surface area contributed by atoms with Crippen molar-refractivity contribution in [3.05, 3.63) is 29.3 Å². The molecule has 0 saturated carbocycles. The number of nitrogens with zero attached hydrogens (tertiary/aromatic N) is 1. The quantitative estimate of drug-likeness (QED) is 0.794. The number of Topliss-reactive ketones (excluding diaryl/α,β-unsaturated/α-hetero) is 1. The van der Waals surface area contributed by atoms with Gasteiger partial charge < -0.3 is 9.47 Å². The second kappa shape index (κ2) is 6.06. The molecule has 1 aliphatic heterocycles. The number of nitriles is 1. The zero-order chi connectivity index (χ0) is 14.7. The lowest BCUT2D eigenvalue weighted by molar-refractivity contribution is -0.0722. The third-order valence-electron chi connectivity index (χ3n) is 3.44. The monoisotopic (exact) mass is 273 g/mol. The van der Waals surface area contributed by atoms with Crippen molar-refractivity contribution in [3.63, 3.8) is 0 Å². The summed E-state index contributed by atoms with van der Waals surface area (Å²) in [7, 11) is 0. The van der Waals surface area contributed by atoms with Gasteiger partial charge in [-0.15, -0.1) is 0 Å². The minimum atomic E-state index is -0.0577. The molecule has 0 N–H and O–H groups in total. The minimum absolute atomic E-state index is 0.0146. The van der Waals surface area contributed by atoms with Crippen molar-refractivity contribution < 1.29 is 14.3 Å². The highest BCUT2D eigenvalue weighted by Gasteiger charge is 2.26. The topological polar surface area (TPSA) is 59.3 Å². The van der Waals surface area contributed by atoms with E-state index in [1.807, 2.05) is 13.8 Å². The van der Waals surface area contributed by atoms with Crippen molar-refractivity contribution in [1.82, 2.24) is 0 Å². The Labute approximate surface area is 119 Å². The minimum Gasteiger partial charge on any atom is -0.489 e. The summed E-state index contributed by atoms with van der Waals surface area (Å²) in [5.74, 6) is 0.445. The molecule has 1 saturated heterocycles. The van der Waals surface area contributed by atoms with E-state index in [-0.39, 0.29) is 24.1 Å². The Kier molecular flexibility index (Phi) is 4.41. The van der Waals surface area contributed by atoms with Gasteiger partial charge in [-0.3, -0.25) is 4.79 Å². The van der Waals surface area contributed by atoms with Gasteiger partial charge in [-0.25, -0.2) is 0 Å². The molecule has 20 heavy (non-hydrogen) atoms. The molecule has 0 aromatic heterocycles. The van der Waals surface area contributed by atoms with Crippen LogP contribution in [0, 0.1) is 11.3 Å². The van der Waals surface area contributed by atoms with Crippen molar-refractivity contribution in [3.8, 4) is 11.8 Å². The van der Waals surface area contributed by atoms with Crippen LogP contribution in [0.2, 0.25) is 0 Å². The van der Waals surface area contributed by atoms with Gasteiger partial charge in [0.2, 0.25) is 0 Å². The summed E-state index contributed by atoms with van der Waals surface area (Å²) in [5.41, 5.74) is 1.02. The molecule has 0 aliphatic carbocycles. The molecule has 0 amide bonds. The summed E-state index contributed by atoms with van der Waals surface area (Å²) in [5, 5.41) is 8.97. The van der Waals surface area contributed by atoms with Crippen LogP contribution in [0.3, 0.4) is 0 Å². The fraction of sp³-hybridized carbons (Fsp3) is 0.500. The van der Waals surface area contributed by atoms with Crippen molar-refractivity contribution in [2.75, 3.05) is 0 Å². The number of benzene rings is 1. The standard InChI is InChI=1S/C16H19NO3/c1-10-6-14(7-11(2)19-10)20-16-8-13(9-17)4-5-15(16)12(3)18/h4-5,8,10-11,14H,6-7H2,1-3H3. The van der Waals surface area contributed by atoms with Gasteiger partial charge in [-0.1, -0.05) is 0 Å². The molecule has 1 heterocycles. The molecule has 0 bridgehead atoms. The van der Waals surface area contributed by atoms with Crippen molar-refractivity contribution in [2.24, 2.45) is 0 Å². The SMILES string of the molecule is CC(=O)c1ccc(C#N)cc1OC1CC(C)OC(C)C1. The fourth-order valence-electron chi connectivity index (χ4n) is 2.60. The largest absolute Gasteiger partial charge is 0.489 e. The van der Waals surface area contributed by atoms with E-state index in [1.165, 1.54) is 6.92 Å². The number of rotatable bonds is 3. The highest BCUT2D eigenvalue weighted by Crippen LogP contribution is 2.27. The van der Waals surface area contributed by atoms with Crippen LogP contribution >= 0.6 is 0 Å². The first-order valence-electron chi connectivity index (χ1n) is 6.86. The van der Waals surface area contributed by atoms with Crippen LogP contribution in [0.5, 0.6) is 5.75 Å². The van der Waals surface area contributed by atoms with E-state index >= 15 is 0 Å². The first-order chi connectivity index (χ1) is 9.49. The third-order valence-corrected chi connectivity index (χ3v) is 3.44. The molecular weight excluding hydrogens is 254 g/mol. The molecule has 0 radical (unpaired) electrons. The molecule has 106 valence electrons. The average molecular weight is 273 g/mol. The highest BCUT2D eigenvalue weighted by atomic mass is 16.5. The van der Waals surface area contributed by atoms with Crippen molar-refractivity contribution >= 4 is 5.78 Å². The summed E-state index contributed by atoms with van der Waals surface area (Å²) in [6, 6.07) is 7.01. The molecular formula is C16H19NO3. The molecule has 2 atom stereocenters.